The van der Waals surface area contributed by atoms with Gasteiger partial charge in [-0.25, -0.2) is 0 Å². The van der Waals surface area contributed by atoms with Gasteiger partial charge in [0.25, 0.3) is 0 Å². The fourth-order valence-corrected chi connectivity index (χ4v) is 3.67. The second-order valence-electron chi connectivity index (χ2n) is 5.48. The van der Waals surface area contributed by atoms with Crippen LogP contribution in [0.1, 0.15) is 31.2 Å². The Hall–Kier alpha value is -0.890. The summed E-state index contributed by atoms with van der Waals surface area (Å²) in [7, 11) is 2.22. The Morgan fingerprint density at radius 1 is 1.29 bits per heavy atom. The number of nitrogens with zero attached hydrogens (tertiary/aromatic N) is 1. The average Bonchev–Trinajstić information content (AvgIpc) is 2.74. The van der Waals surface area contributed by atoms with Crippen molar-refractivity contribution >= 4 is 23.0 Å². The summed E-state index contributed by atoms with van der Waals surface area (Å²) in [4.78, 5) is 2.46. The van der Waals surface area contributed by atoms with Crippen LogP contribution in [0.3, 0.4) is 0 Å². The van der Waals surface area contributed by atoms with Crippen LogP contribution in [-0.4, -0.2) is 19.1 Å². The second-order valence-corrected chi connectivity index (χ2v) is 5.89. The van der Waals surface area contributed by atoms with Crippen molar-refractivity contribution in [3.05, 3.63) is 22.7 Å². The van der Waals surface area contributed by atoms with Crippen LogP contribution in [0.2, 0.25) is 5.02 Å². The minimum Gasteiger partial charge on any atom is -0.380 e. The SMILES string of the molecule is Cc1cc(Cl)c2c(c1)N(C)C1(CCCC1)CN2. The average molecular weight is 251 g/mol. The molecule has 1 aliphatic heterocycles. The van der Waals surface area contributed by atoms with E-state index < -0.39 is 0 Å². The molecule has 3 heteroatoms. The topological polar surface area (TPSA) is 15.3 Å². The van der Waals surface area contributed by atoms with Gasteiger partial charge in [-0.3, -0.25) is 0 Å². The summed E-state index contributed by atoms with van der Waals surface area (Å²) >= 11 is 6.32. The Kier molecular flexibility index (Phi) is 2.51. The van der Waals surface area contributed by atoms with Crippen LogP contribution in [0.5, 0.6) is 0 Å². The zero-order valence-corrected chi connectivity index (χ0v) is 11.3. The van der Waals surface area contributed by atoms with Crippen molar-refractivity contribution < 1.29 is 0 Å². The lowest BCUT2D eigenvalue weighted by Gasteiger charge is -2.46. The highest BCUT2D eigenvalue weighted by Crippen LogP contribution is 2.46. The molecule has 1 fully saturated rings. The van der Waals surface area contributed by atoms with Gasteiger partial charge in [0.05, 0.1) is 21.9 Å². The van der Waals surface area contributed by atoms with Crippen molar-refractivity contribution in [3.63, 3.8) is 0 Å². The van der Waals surface area contributed by atoms with E-state index in [-0.39, 0.29) is 0 Å². The molecule has 1 aliphatic carbocycles. The molecule has 2 aliphatic rings. The number of hydrogen-bond acceptors (Lipinski definition) is 2. The highest BCUT2D eigenvalue weighted by Gasteiger charge is 2.41. The van der Waals surface area contributed by atoms with Gasteiger partial charge in [-0.1, -0.05) is 24.4 Å². The predicted molar refractivity (Wildman–Crippen MR) is 74.3 cm³/mol. The van der Waals surface area contributed by atoms with E-state index in [4.69, 9.17) is 11.6 Å². The van der Waals surface area contributed by atoms with Crippen molar-refractivity contribution in [2.75, 3.05) is 23.8 Å². The molecule has 1 heterocycles. The second kappa shape index (κ2) is 3.81. The van der Waals surface area contributed by atoms with Gasteiger partial charge in [-0.05, 0) is 37.5 Å². The third kappa shape index (κ3) is 1.61. The Bertz CT molecular complexity index is 450. The zero-order chi connectivity index (χ0) is 12.0. The Labute approximate surface area is 108 Å². The van der Waals surface area contributed by atoms with Gasteiger partial charge in [-0.15, -0.1) is 0 Å². The first-order chi connectivity index (χ1) is 8.12. The lowest BCUT2D eigenvalue weighted by molar-refractivity contribution is 0.429. The summed E-state index contributed by atoms with van der Waals surface area (Å²) < 4.78 is 0. The van der Waals surface area contributed by atoms with Crippen molar-refractivity contribution in [1.29, 1.82) is 0 Å². The molecular formula is C14H19ClN2. The number of nitrogens with one attached hydrogen (secondary N) is 1. The van der Waals surface area contributed by atoms with E-state index >= 15 is 0 Å². The molecular weight excluding hydrogens is 232 g/mol. The van der Waals surface area contributed by atoms with Crippen LogP contribution in [0.4, 0.5) is 11.4 Å². The highest BCUT2D eigenvalue weighted by atomic mass is 35.5. The number of halogens is 1. The van der Waals surface area contributed by atoms with Crippen LogP contribution < -0.4 is 10.2 Å². The van der Waals surface area contributed by atoms with Crippen molar-refractivity contribution in [1.82, 2.24) is 0 Å². The summed E-state index contributed by atoms with van der Waals surface area (Å²) in [5.41, 5.74) is 3.93. The maximum absolute atomic E-state index is 6.32. The first-order valence-electron chi connectivity index (χ1n) is 6.40. The van der Waals surface area contributed by atoms with Crippen molar-refractivity contribution in [2.24, 2.45) is 0 Å². The fourth-order valence-electron chi connectivity index (χ4n) is 3.34. The molecule has 0 unspecified atom stereocenters. The van der Waals surface area contributed by atoms with Crippen LogP contribution in [0.25, 0.3) is 0 Å². The van der Waals surface area contributed by atoms with Gasteiger partial charge >= 0.3 is 0 Å². The molecule has 0 amide bonds. The molecule has 0 radical (unpaired) electrons. The van der Waals surface area contributed by atoms with E-state index in [1.54, 1.807) is 0 Å². The minimum absolute atomic E-state index is 0.324. The van der Waals surface area contributed by atoms with Gasteiger partial charge in [0.2, 0.25) is 0 Å². The summed E-state index contributed by atoms with van der Waals surface area (Å²) in [6, 6.07) is 4.28. The Morgan fingerprint density at radius 2 is 2.00 bits per heavy atom. The number of benzene rings is 1. The summed E-state index contributed by atoms with van der Waals surface area (Å²) in [5.74, 6) is 0. The Balaban J connectivity index is 2.08. The van der Waals surface area contributed by atoms with Crippen LogP contribution in [-0.2, 0) is 0 Å². The molecule has 1 spiro atoms. The monoisotopic (exact) mass is 250 g/mol. The van der Waals surface area contributed by atoms with E-state index in [0.29, 0.717) is 5.54 Å². The first-order valence-corrected chi connectivity index (χ1v) is 6.78. The number of fused-ring (bicyclic) bond motifs is 1. The number of anilines is 2. The zero-order valence-electron chi connectivity index (χ0n) is 10.5. The highest BCUT2D eigenvalue weighted by molar-refractivity contribution is 6.34. The molecule has 0 bridgehead atoms. The quantitative estimate of drug-likeness (QED) is 0.753. The normalized spacial score (nSPS) is 21.5. The summed E-state index contributed by atoms with van der Waals surface area (Å²) in [5, 5.41) is 4.39. The van der Waals surface area contributed by atoms with Gasteiger partial charge in [0, 0.05) is 13.6 Å². The van der Waals surface area contributed by atoms with Crippen LogP contribution >= 0.6 is 11.6 Å². The largest absolute Gasteiger partial charge is 0.380 e. The molecule has 1 aromatic carbocycles. The minimum atomic E-state index is 0.324. The predicted octanol–water partition coefficient (Wildman–Crippen LogP) is 3.82. The van der Waals surface area contributed by atoms with E-state index in [1.807, 2.05) is 6.07 Å². The molecule has 1 saturated carbocycles. The number of aryl methyl sites for hydroxylation is 1. The lowest BCUT2D eigenvalue weighted by Crippen LogP contribution is -2.52. The number of likely N-dealkylation sites (N-methyl/N-ethyl adjacent to an activating group) is 1. The first kappa shape index (κ1) is 11.2. The standard InChI is InChI=1S/C14H19ClN2/c1-10-7-11(15)13-12(8-10)17(2)14(9-16-13)5-3-4-6-14/h7-8,16H,3-6,9H2,1-2H3. The molecule has 92 valence electrons. The molecule has 1 aromatic rings. The van der Waals surface area contributed by atoms with Gasteiger partial charge < -0.3 is 10.2 Å². The lowest BCUT2D eigenvalue weighted by atomic mass is 9.91. The van der Waals surface area contributed by atoms with Crippen molar-refractivity contribution in [3.8, 4) is 0 Å². The maximum Gasteiger partial charge on any atom is 0.0768 e. The van der Waals surface area contributed by atoms with E-state index in [1.165, 1.54) is 36.9 Å². The maximum atomic E-state index is 6.32. The molecule has 17 heavy (non-hydrogen) atoms. The molecule has 0 aromatic heterocycles. The van der Waals surface area contributed by atoms with Gasteiger partial charge in [-0.2, -0.15) is 0 Å². The molecule has 2 nitrogen and oxygen atoms in total. The van der Waals surface area contributed by atoms with Crippen LogP contribution in [0.15, 0.2) is 12.1 Å². The molecule has 0 atom stereocenters. The van der Waals surface area contributed by atoms with Crippen LogP contribution in [0, 0.1) is 6.92 Å². The summed E-state index contributed by atoms with van der Waals surface area (Å²) in [6.07, 6.45) is 5.28. The molecule has 0 saturated heterocycles. The Morgan fingerprint density at radius 3 is 2.71 bits per heavy atom. The molecule has 1 N–H and O–H groups in total. The van der Waals surface area contributed by atoms with E-state index in [0.717, 1.165) is 17.3 Å². The molecule has 3 rings (SSSR count). The summed E-state index contributed by atoms with van der Waals surface area (Å²) in [6.45, 7) is 3.13. The third-order valence-corrected chi connectivity index (χ3v) is 4.71. The number of hydrogen-bond donors (Lipinski definition) is 1. The van der Waals surface area contributed by atoms with E-state index in [2.05, 4.69) is 30.3 Å². The third-order valence-electron chi connectivity index (χ3n) is 4.42. The van der Waals surface area contributed by atoms with E-state index in [9.17, 15) is 0 Å². The van der Waals surface area contributed by atoms with Gasteiger partial charge in [0.15, 0.2) is 0 Å². The smallest absolute Gasteiger partial charge is 0.0768 e. The number of rotatable bonds is 0. The van der Waals surface area contributed by atoms with Gasteiger partial charge in [0.1, 0.15) is 0 Å². The fraction of sp³-hybridized carbons (Fsp3) is 0.571. The van der Waals surface area contributed by atoms with Crippen molar-refractivity contribution in [2.45, 2.75) is 38.1 Å².